The quantitative estimate of drug-likeness (QED) is 0.665. The smallest absolute Gasteiger partial charge is 0.239 e. The zero-order valence-corrected chi connectivity index (χ0v) is 9.03. The number of amides is 2. The van der Waals surface area contributed by atoms with Crippen molar-refractivity contribution in [2.45, 2.75) is 32.3 Å². The minimum absolute atomic E-state index is 0.0482. The van der Waals surface area contributed by atoms with Crippen LogP contribution in [-0.4, -0.2) is 47.6 Å². The first-order valence-electron chi connectivity index (χ1n) is 5.32. The van der Waals surface area contributed by atoms with Gasteiger partial charge in [-0.3, -0.25) is 9.59 Å². The Labute approximate surface area is 89.4 Å². The van der Waals surface area contributed by atoms with Crippen LogP contribution in [0, 0.1) is 0 Å². The lowest BCUT2D eigenvalue weighted by Crippen LogP contribution is -2.37. The van der Waals surface area contributed by atoms with Gasteiger partial charge in [-0.1, -0.05) is 0 Å². The summed E-state index contributed by atoms with van der Waals surface area (Å²) in [6.45, 7) is 3.07. The number of aliphatic hydroxyl groups excluding tert-OH is 1. The van der Waals surface area contributed by atoms with Crippen LogP contribution in [0.5, 0.6) is 0 Å². The lowest BCUT2D eigenvalue weighted by atomic mass is 10.2. The highest BCUT2D eigenvalue weighted by molar-refractivity contribution is 5.85. The van der Waals surface area contributed by atoms with Gasteiger partial charge in [-0.05, 0) is 19.8 Å². The summed E-state index contributed by atoms with van der Waals surface area (Å²) in [6, 6.07) is 0. The number of aliphatic hydroxyl groups is 1. The van der Waals surface area contributed by atoms with Crippen LogP contribution in [-0.2, 0) is 9.59 Å². The Hall–Kier alpha value is -1.10. The zero-order chi connectivity index (χ0) is 11.3. The first kappa shape index (κ1) is 12.0. The van der Waals surface area contributed by atoms with Gasteiger partial charge in [0.05, 0.1) is 12.6 Å². The summed E-state index contributed by atoms with van der Waals surface area (Å²) in [6.07, 6.45) is 1.10. The third-order valence-corrected chi connectivity index (χ3v) is 2.39. The molecule has 2 amide bonds. The van der Waals surface area contributed by atoms with Gasteiger partial charge in [0, 0.05) is 19.5 Å². The van der Waals surface area contributed by atoms with E-state index in [9.17, 15) is 9.59 Å². The summed E-state index contributed by atoms with van der Waals surface area (Å²) in [5.74, 6) is -0.147. The Morgan fingerprint density at radius 3 is 3.07 bits per heavy atom. The molecule has 0 aromatic rings. The van der Waals surface area contributed by atoms with Gasteiger partial charge in [-0.25, -0.2) is 0 Å². The first-order valence-corrected chi connectivity index (χ1v) is 5.32. The molecular formula is C10H18N2O3. The largest absolute Gasteiger partial charge is 0.393 e. The highest BCUT2D eigenvalue weighted by atomic mass is 16.3. The molecule has 5 nitrogen and oxygen atoms in total. The maximum absolute atomic E-state index is 11.6. The first-order chi connectivity index (χ1) is 7.09. The number of carbonyl (C=O) groups is 2. The van der Waals surface area contributed by atoms with E-state index in [-0.39, 0.29) is 18.4 Å². The molecule has 86 valence electrons. The molecule has 0 radical (unpaired) electrons. The van der Waals surface area contributed by atoms with Crippen molar-refractivity contribution < 1.29 is 14.7 Å². The van der Waals surface area contributed by atoms with E-state index in [1.165, 1.54) is 0 Å². The fourth-order valence-electron chi connectivity index (χ4n) is 1.51. The van der Waals surface area contributed by atoms with Gasteiger partial charge in [0.2, 0.25) is 11.8 Å². The Kier molecular flexibility index (Phi) is 4.55. The average Bonchev–Trinajstić information content (AvgIpc) is 2.39. The Balaban J connectivity index is 2.39. The lowest BCUT2D eigenvalue weighted by Gasteiger charge is -2.19. The van der Waals surface area contributed by atoms with Gasteiger partial charge in [-0.2, -0.15) is 0 Å². The topological polar surface area (TPSA) is 69.6 Å². The molecule has 0 aromatic carbocycles. The molecule has 5 heteroatoms. The van der Waals surface area contributed by atoms with Crippen molar-refractivity contribution in [3.63, 3.8) is 0 Å². The second-order valence-electron chi connectivity index (χ2n) is 3.91. The molecule has 1 atom stereocenters. The number of hydrogen-bond acceptors (Lipinski definition) is 3. The summed E-state index contributed by atoms with van der Waals surface area (Å²) >= 11 is 0. The van der Waals surface area contributed by atoms with Crippen molar-refractivity contribution in [1.82, 2.24) is 10.2 Å². The van der Waals surface area contributed by atoms with Gasteiger partial charge < -0.3 is 15.3 Å². The van der Waals surface area contributed by atoms with Gasteiger partial charge in [0.1, 0.15) is 0 Å². The Morgan fingerprint density at radius 2 is 2.40 bits per heavy atom. The van der Waals surface area contributed by atoms with Crippen LogP contribution in [0.4, 0.5) is 0 Å². The highest BCUT2D eigenvalue weighted by Crippen LogP contribution is 2.03. The van der Waals surface area contributed by atoms with Crippen molar-refractivity contribution in [1.29, 1.82) is 0 Å². The Bertz CT molecular complexity index is 241. The fourth-order valence-corrected chi connectivity index (χ4v) is 1.51. The molecule has 1 aliphatic rings. The van der Waals surface area contributed by atoms with Gasteiger partial charge >= 0.3 is 0 Å². The highest BCUT2D eigenvalue weighted by Gasteiger charge is 2.19. The molecule has 1 fully saturated rings. The molecule has 0 aromatic heterocycles. The van der Waals surface area contributed by atoms with Crippen molar-refractivity contribution >= 4 is 11.8 Å². The van der Waals surface area contributed by atoms with E-state index in [0.717, 1.165) is 6.42 Å². The van der Waals surface area contributed by atoms with Gasteiger partial charge in [0.15, 0.2) is 0 Å². The number of nitrogens with zero attached hydrogens (tertiary/aromatic N) is 1. The molecule has 0 spiro atoms. The molecule has 1 heterocycles. The van der Waals surface area contributed by atoms with Crippen LogP contribution in [0.15, 0.2) is 0 Å². The summed E-state index contributed by atoms with van der Waals surface area (Å²) in [5.41, 5.74) is 0. The molecule has 0 saturated carbocycles. The second kappa shape index (κ2) is 5.70. The predicted octanol–water partition coefficient (Wildman–Crippen LogP) is -0.504. The van der Waals surface area contributed by atoms with Crippen molar-refractivity contribution in [3.05, 3.63) is 0 Å². The average molecular weight is 214 g/mol. The van der Waals surface area contributed by atoms with Crippen molar-refractivity contribution in [2.75, 3.05) is 19.6 Å². The SMILES string of the molecule is CC(O)CCC(=O)N1CCCNC(=O)C1. The maximum Gasteiger partial charge on any atom is 0.239 e. The Morgan fingerprint density at radius 1 is 1.67 bits per heavy atom. The van der Waals surface area contributed by atoms with E-state index in [0.29, 0.717) is 25.9 Å². The summed E-state index contributed by atoms with van der Waals surface area (Å²) < 4.78 is 0. The second-order valence-corrected chi connectivity index (χ2v) is 3.91. The van der Waals surface area contributed by atoms with Crippen LogP contribution in [0.3, 0.4) is 0 Å². The van der Waals surface area contributed by atoms with Crippen molar-refractivity contribution in [2.24, 2.45) is 0 Å². The standard InChI is InChI=1S/C10H18N2O3/c1-8(13)3-4-10(15)12-6-2-5-11-9(14)7-12/h8,13H,2-7H2,1H3,(H,11,14). The molecule has 0 aliphatic carbocycles. The van der Waals surface area contributed by atoms with Crippen LogP contribution >= 0.6 is 0 Å². The summed E-state index contributed by atoms with van der Waals surface area (Å²) in [4.78, 5) is 24.4. The van der Waals surface area contributed by atoms with E-state index in [1.54, 1.807) is 11.8 Å². The van der Waals surface area contributed by atoms with Gasteiger partial charge in [0.25, 0.3) is 0 Å². The monoisotopic (exact) mass is 214 g/mol. The predicted molar refractivity (Wildman–Crippen MR) is 55.1 cm³/mol. The van der Waals surface area contributed by atoms with E-state index < -0.39 is 6.10 Å². The molecule has 1 saturated heterocycles. The van der Waals surface area contributed by atoms with E-state index in [1.807, 2.05) is 0 Å². The van der Waals surface area contributed by atoms with Crippen LogP contribution in [0.2, 0.25) is 0 Å². The molecule has 15 heavy (non-hydrogen) atoms. The number of rotatable bonds is 3. The maximum atomic E-state index is 11.6. The summed E-state index contributed by atoms with van der Waals surface area (Å²) in [5, 5.41) is 11.8. The van der Waals surface area contributed by atoms with Crippen LogP contribution in [0.1, 0.15) is 26.2 Å². The van der Waals surface area contributed by atoms with Gasteiger partial charge in [-0.15, -0.1) is 0 Å². The van der Waals surface area contributed by atoms with E-state index >= 15 is 0 Å². The van der Waals surface area contributed by atoms with E-state index in [2.05, 4.69) is 5.32 Å². The molecule has 0 bridgehead atoms. The van der Waals surface area contributed by atoms with Crippen molar-refractivity contribution in [3.8, 4) is 0 Å². The number of nitrogens with one attached hydrogen (secondary N) is 1. The summed E-state index contributed by atoms with van der Waals surface area (Å²) in [7, 11) is 0. The lowest BCUT2D eigenvalue weighted by molar-refractivity contribution is -0.135. The number of carbonyl (C=O) groups excluding carboxylic acids is 2. The minimum Gasteiger partial charge on any atom is -0.393 e. The molecule has 1 unspecified atom stereocenters. The number of hydrogen-bond donors (Lipinski definition) is 2. The molecule has 1 aliphatic heterocycles. The minimum atomic E-state index is -0.463. The van der Waals surface area contributed by atoms with Crippen LogP contribution < -0.4 is 5.32 Å². The normalized spacial score (nSPS) is 19.3. The van der Waals surface area contributed by atoms with E-state index in [4.69, 9.17) is 5.11 Å². The molecular weight excluding hydrogens is 196 g/mol. The third-order valence-electron chi connectivity index (χ3n) is 2.39. The fraction of sp³-hybridized carbons (Fsp3) is 0.800. The van der Waals surface area contributed by atoms with Crippen LogP contribution in [0.25, 0.3) is 0 Å². The molecule has 2 N–H and O–H groups in total. The zero-order valence-electron chi connectivity index (χ0n) is 9.03. The molecule has 1 rings (SSSR count). The third kappa shape index (κ3) is 4.29.